The molecule has 0 spiro atoms. The lowest BCUT2D eigenvalue weighted by molar-refractivity contribution is 0.0939. The van der Waals surface area contributed by atoms with E-state index in [2.05, 4.69) is 15.6 Å². The Morgan fingerprint density at radius 1 is 1.30 bits per heavy atom. The fourth-order valence-corrected chi connectivity index (χ4v) is 2.66. The minimum absolute atomic E-state index is 0.0938. The van der Waals surface area contributed by atoms with Crippen LogP contribution in [0.15, 0.2) is 35.0 Å². The van der Waals surface area contributed by atoms with Crippen molar-refractivity contribution < 1.29 is 18.4 Å². The number of carbonyl (C=O) groups is 1. The largest absolute Gasteiger partial charge is 0.489 e. The molecule has 27 heavy (non-hydrogen) atoms. The van der Waals surface area contributed by atoms with Crippen LogP contribution >= 0.6 is 0 Å². The second-order valence-corrected chi connectivity index (χ2v) is 6.06. The van der Waals surface area contributed by atoms with E-state index >= 15 is 0 Å². The van der Waals surface area contributed by atoms with E-state index in [9.17, 15) is 9.18 Å². The molecule has 0 bridgehead atoms. The first-order valence-corrected chi connectivity index (χ1v) is 8.62. The van der Waals surface area contributed by atoms with E-state index in [4.69, 9.17) is 9.26 Å². The van der Waals surface area contributed by atoms with Crippen LogP contribution in [0.2, 0.25) is 0 Å². The SMILES string of the molecule is CCn1ncc(CNC(=O)c2noc(C)c2COc2ccc(F)cc2)c1C. The zero-order valence-electron chi connectivity index (χ0n) is 15.5. The smallest absolute Gasteiger partial charge is 0.274 e. The number of nitrogens with one attached hydrogen (secondary N) is 1. The normalized spacial score (nSPS) is 10.8. The summed E-state index contributed by atoms with van der Waals surface area (Å²) in [6.07, 6.45) is 1.74. The number of amides is 1. The Labute approximate surface area is 156 Å². The molecular weight excluding hydrogens is 351 g/mol. The Morgan fingerprint density at radius 2 is 2.04 bits per heavy atom. The van der Waals surface area contributed by atoms with Gasteiger partial charge in [-0.05, 0) is 45.0 Å². The maximum atomic E-state index is 13.0. The van der Waals surface area contributed by atoms with Crippen molar-refractivity contribution in [2.24, 2.45) is 0 Å². The highest BCUT2D eigenvalue weighted by Crippen LogP contribution is 2.18. The Bertz CT molecular complexity index is 931. The van der Waals surface area contributed by atoms with Crippen molar-refractivity contribution in [1.29, 1.82) is 0 Å². The van der Waals surface area contributed by atoms with E-state index in [0.717, 1.165) is 17.8 Å². The minimum atomic E-state index is -0.354. The molecule has 0 aliphatic carbocycles. The summed E-state index contributed by atoms with van der Waals surface area (Å²) in [7, 11) is 0. The molecule has 1 N–H and O–H groups in total. The second kappa shape index (κ2) is 8.03. The zero-order chi connectivity index (χ0) is 19.4. The van der Waals surface area contributed by atoms with Crippen molar-refractivity contribution in [1.82, 2.24) is 20.3 Å². The van der Waals surface area contributed by atoms with E-state index in [0.29, 0.717) is 23.6 Å². The van der Waals surface area contributed by atoms with Crippen molar-refractivity contribution in [3.05, 3.63) is 64.6 Å². The van der Waals surface area contributed by atoms with E-state index in [1.807, 2.05) is 18.5 Å². The molecule has 2 heterocycles. The highest BCUT2D eigenvalue weighted by atomic mass is 19.1. The predicted octanol–water partition coefficient (Wildman–Crippen LogP) is 3.16. The summed E-state index contributed by atoms with van der Waals surface area (Å²) in [5.74, 6) is 0.293. The number of rotatable bonds is 7. The molecule has 0 aliphatic rings. The van der Waals surface area contributed by atoms with Crippen molar-refractivity contribution >= 4 is 5.91 Å². The van der Waals surface area contributed by atoms with Gasteiger partial charge in [-0.15, -0.1) is 0 Å². The molecule has 0 radical (unpaired) electrons. The van der Waals surface area contributed by atoms with E-state index in [1.54, 1.807) is 13.1 Å². The summed E-state index contributed by atoms with van der Waals surface area (Å²) in [6.45, 7) is 6.88. The lowest BCUT2D eigenvalue weighted by Gasteiger charge is -2.07. The highest BCUT2D eigenvalue weighted by molar-refractivity contribution is 5.93. The van der Waals surface area contributed by atoms with Gasteiger partial charge in [-0.1, -0.05) is 5.16 Å². The molecule has 0 aliphatic heterocycles. The molecule has 8 heteroatoms. The molecule has 142 valence electrons. The third-order valence-electron chi connectivity index (χ3n) is 4.34. The van der Waals surface area contributed by atoms with Crippen LogP contribution in [0, 0.1) is 19.7 Å². The van der Waals surface area contributed by atoms with E-state index in [-0.39, 0.29) is 24.0 Å². The van der Waals surface area contributed by atoms with Gasteiger partial charge in [0.2, 0.25) is 0 Å². The number of aryl methyl sites for hydroxylation is 2. The predicted molar refractivity (Wildman–Crippen MR) is 95.8 cm³/mol. The van der Waals surface area contributed by atoms with Crippen LogP contribution in [0.5, 0.6) is 5.75 Å². The zero-order valence-corrected chi connectivity index (χ0v) is 15.5. The quantitative estimate of drug-likeness (QED) is 0.689. The number of aromatic nitrogens is 3. The Morgan fingerprint density at radius 3 is 2.70 bits per heavy atom. The van der Waals surface area contributed by atoms with Crippen LogP contribution in [0.25, 0.3) is 0 Å². The Balaban J connectivity index is 1.66. The molecule has 0 saturated heterocycles. The van der Waals surface area contributed by atoms with Gasteiger partial charge in [0.25, 0.3) is 5.91 Å². The van der Waals surface area contributed by atoms with Gasteiger partial charge in [0.15, 0.2) is 5.69 Å². The van der Waals surface area contributed by atoms with Gasteiger partial charge in [0.05, 0.1) is 11.8 Å². The van der Waals surface area contributed by atoms with Gasteiger partial charge < -0.3 is 14.6 Å². The van der Waals surface area contributed by atoms with Crippen LogP contribution < -0.4 is 10.1 Å². The first-order valence-electron chi connectivity index (χ1n) is 8.62. The first-order chi connectivity index (χ1) is 13.0. The number of nitrogens with zero attached hydrogens (tertiary/aromatic N) is 3. The van der Waals surface area contributed by atoms with Gasteiger partial charge in [0.1, 0.15) is 23.9 Å². The molecule has 3 aromatic rings. The minimum Gasteiger partial charge on any atom is -0.489 e. The lowest BCUT2D eigenvalue weighted by atomic mass is 10.2. The van der Waals surface area contributed by atoms with Gasteiger partial charge in [-0.3, -0.25) is 9.48 Å². The number of hydrogen-bond acceptors (Lipinski definition) is 5. The number of hydrogen-bond donors (Lipinski definition) is 1. The third kappa shape index (κ3) is 4.16. The van der Waals surface area contributed by atoms with Crippen molar-refractivity contribution in [2.45, 2.75) is 40.5 Å². The Kier molecular flexibility index (Phi) is 5.54. The summed E-state index contributed by atoms with van der Waals surface area (Å²) in [5.41, 5.74) is 2.68. The standard InChI is InChI=1S/C19H21FN4O3/c1-4-24-12(2)14(10-22-24)9-21-19(25)18-17(13(3)27-23-18)11-26-16-7-5-15(20)6-8-16/h5-8,10H,4,9,11H2,1-3H3,(H,21,25). The molecule has 0 atom stereocenters. The average Bonchev–Trinajstić information content (AvgIpc) is 3.21. The summed E-state index contributed by atoms with van der Waals surface area (Å²) in [6, 6.07) is 5.66. The Hall–Kier alpha value is -3.16. The molecule has 0 fully saturated rings. The molecule has 1 aromatic carbocycles. The summed E-state index contributed by atoms with van der Waals surface area (Å²) in [4.78, 5) is 12.5. The van der Waals surface area contributed by atoms with E-state index in [1.165, 1.54) is 24.3 Å². The molecule has 1 amide bonds. The van der Waals surface area contributed by atoms with Crippen LogP contribution in [-0.2, 0) is 19.7 Å². The highest BCUT2D eigenvalue weighted by Gasteiger charge is 2.20. The lowest BCUT2D eigenvalue weighted by Crippen LogP contribution is -2.25. The number of benzene rings is 1. The topological polar surface area (TPSA) is 82.2 Å². The van der Waals surface area contributed by atoms with Crippen LogP contribution in [-0.4, -0.2) is 20.8 Å². The molecule has 3 rings (SSSR count). The molecule has 2 aromatic heterocycles. The first kappa shape index (κ1) is 18.6. The summed E-state index contributed by atoms with van der Waals surface area (Å²) >= 11 is 0. The number of ether oxygens (including phenoxy) is 1. The van der Waals surface area contributed by atoms with Crippen LogP contribution in [0.1, 0.15) is 40.0 Å². The van der Waals surface area contributed by atoms with Gasteiger partial charge in [-0.2, -0.15) is 5.10 Å². The summed E-state index contributed by atoms with van der Waals surface area (Å²) in [5, 5.41) is 10.9. The molecule has 0 unspecified atom stereocenters. The molecular formula is C19H21FN4O3. The fraction of sp³-hybridized carbons (Fsp3) is 0.316. The molecule has 7 nitrogen and oxygen atoms in total. The van der Waals surface area contributed by atoms with E-state index < -0.39 is 0 Å². The van der Waals surface area contributed by atoms with Crippen molar-refractivity contribution in [3.8, 4) is 5.75 Å². The average molecular weight is 372 g/mol. The van der Waals surface area contributed by atoms with Gasteiger partial charge >= 0.3 is 0 Å². The maximum absolute atomic E-state index is 13.0. The van der Waals surface area contributed by atoms with Crippen molar-refractivity contribution in [3.63, 3.8) is 0 Å². The van der Waals surface area contributed by atoms with Crippen LogP contribution in [0.4, 0.5) is 4.39 Å². The van der Waals surface area contributed by atoms with Gasteiger partial charge in [-0.25, -0.2) is 4.39 Å². The molecule has 0 saturated carbocycles. The van der Waals surface area contributed by atoms with Crippen LogP contribution in [0.3, 0.4) is 0 Å². The fourth-order valence-electron chi connectivity index (χ4n) is 2.66. The summed E-state index contributed by atoms with van der Waals surface area (Å²) < 4.78 is 25.6. The number of halogens is 1. The third-order valence-corrected chi connectivity index (χ3v) is 4.34. The number of carbonyl (C=O) groups excluding carboxylic acids is 1. The van der Waals surface area contributed by atoms with Gasteiger partial charge in [0, 0.05) is 24.3 Å². The monoisotopic (exact) mass is 372 g/mol. The second-order valence-electron chi connectivity index (χ2n) is 6.06. The maximum Gasteiger partial charge on any atom is 0.274 e. The van der Waals surface area contributed by atoms with Crippen molar-refractivity contribution in [2.75, 3.05) is 0 Å².